The number of carbonyl (C=O) groups excluding carboxylic acids is 1. The van der Waals surface area contributed by atoms with E-state index in [0.717, 1.165) is 61.5 Å². The average Bonchev–Trinajstić information content (AvgIpc) is 3.75. The average molecular weight is 613 g/mol. The van der Waals surface area contributed by atoms with Crippen LogP contribution in [0.3, 0.4) is 0 Å². The Bertz CT molecular complexity index is 1720. The van der Waals surface area contributed by atoms with E-state index in [1.807, 2.05) is 47.4 Å². The van der Waals surface area contributed by atoms with Crippen LogP contribution in [0.25, 0.3) is 10.9 Å². The zero-order valence-corrected chi connectivity index (χ0v) is 25.2. The Labute approximate surface area is 261 Å². The molecule has 6 rings (SSSR count). The van der Waals surface area contributed by atoms with Gasteiger partial charge < -0.3 is 19.9 Å². The van der Waals surface area contributed by atoms with E-state index in [1.54, 1.807) is 13.2 Å². The van der Waals surface area contributed by atoms with Crippen molar-refractivity contribution < 1.29 is 22.7 Å². The number of alkyl halides is 3. The Kier molecular flexibility index (Phi) is 8.95. The number of hydrogen-bond donors (Lipinski definition) is 1. The van der Waals surface area contributed by atoms with Crippen molar-refractivity contribution in [3.63, 3.8) is 0 Å². The van der Waals surface area contributed by atoms with Crippen LogP contribution >= 0.6 is 0 Å². The quantitative estimate of drug-likeness (QED) is 0.229. The van der Waals surface area contributed by atoms with E-state index in [4.69, 9.17) is 9.72 Å². The molecule has 2 aliphatic rings. The second-order valence-corrected chi connectivity index (χ2v) is 11.6. The number of halogens is 3. The molecule has 1 amide bonds. The van der Waals surface area contributed by atoms with E-state index in [9.17, 15) is 18.0 Å². The van der Waals surface area contributed by atoms with E-state index in [-0.39, 0.29) is 18.5 Å². The van der Waals surface area contributed by atoms with Crippen LogP contribution < -0.4 is 10.1 Å². The largest absolute Gasteiger partial charge is 0.497 e. The molecule has 0 bridgehead atoms. The monoisotopic (exact) mass is 612 g/mol. The van der Waals surface area contributed by atoms with Gasteiger partial charge in [0.15, 0.2) is 0 Å². The fourth-order valence-corrected chi connectivity index (χ4v) is 6.10. The van der Waals surface area contributed by atoms with E-state index in [0.29, 0.717) is 34.4 Å². The number of nitrogens with zero attached hydrogens (tertiary/aromatic N) is 3. The summed E-state index contributed by atoms with van der Waals surface area (Å²) in [6.07, 6.45) is -0.0527. The van der Waals surface area contributed by atoms with Gasteiger partial charge in [0.05, 0.1) is 23.8 Å². The van der Waals surface area contributed by atoms with Gasteiger partial charge in [0.2, 0.25) is 0 Å². The molecule has 0 unspecified atom stereocenters. The lowest BCUT2D eigenvalue weighted by Crippen LogP contribution is -2.42. The molecule has 2 aliphatic heterocycles. The first-order valence-electron chi connectivity index (χ1n) is 15.3. The highest BCUT2D eigenvalue weighted by molar-refractivity contribution is 6.07. The van der Waals surface area contributed by atoms with Crippen molar-refractivity contribution in [3.05, 3.63) is 101 Å². The molecule has 1 atom stereocenters. The zero-order valence-electron chi connectivity index (χ0n) is 25.2. The lowest BCUT2D eigenvalue weighted by atomic mass is 10.0. The molecule has 1 aromatic heterocycles. The summed E-state index contributed by atoms with van der Waals surface area (Å²) in [5, 5.41) is 3.94. The Morgan fingerprint density at radius 1 is 0.933 bits per heavy atom. The molecule has 9 heteroatoms. The maximum atomic E-state index is 14.3. The molecule has 4 aromatic rings. The summed E-state index contributed by atoms with van der Waals surface area (Å²) >= 11 is 0. The molecular formula is C36H35F3N4O2. The van der Waals surface area contributed by atoms with Gasteiger partial charge in [0.25, 0.3) is 5.91 Å². The van der Waals surface area contributed by atoms with Gasteiger partial charge in [-0.25, -0.2) is 4.98 Å². The topological polar surface area (TPSA) is 57.7 Å². The lowest BCUT2D eigenvalue weighted by Gasteiger charge is -2.29. The number of carbonyl (C=O) groups is 1. The Hall–Kier alpha value is -4.55. The standard InChI is InChI=1S/C36H35F3N4O2/c1-45-30-15-10-25(11-16-30)6-7-26-12-17-33-31(21-26)32(35(44)43-20-4-5-29(43)24-42-18-2-3-19-42)22-34(41-33)40-23-27-8-13-28(14-9-27)36(37,38)39/h8-17,21-22,29H,2-5,18-20,23-24H2,1H3,(H,40,41)/t29-/m0/s1. The molecule has 0 spiro atoms. The number of pyridine rings is 1. The van der Waals surface area contributed by atoms with Crippen molar-refractivity contribution >= 4 is 22.6 Å². The van der Waals surface area contributed by atoms with Crippen LogP contribution in [0.1, 0.15) is 58.3 Å². The maximum absolute atomic E-state index is 14.3. The van der Waals surface area contributed by atoms with Gasteiger partial charge >= 0.3 is 6.18 Å². The van der Waals surface area contributed by atoms with Gasteiger partial charge in [0, 0.05) is 42.2 Å². The van der Waals surface area contributed by atoms with Crippen molar-refractivity contribution in [3.8, 4) is 17.6 Å². The molecule has 232 valence electrons. The minimum atomic E-state index is -4.39. The summed E-state index contributed by atoms with van der Waals surface area (Å²) in [6.45, 7) is 3.99. The van der Waals surface area contributed by atoms with Crippen molar-refractivity contribution in [2.75, 3.05) is 38.6 Å². The van der Waals surface area contributed by atoms with Crippen molar-refractivity contribution in [1.82, 2.24) is 14.8 Å². The Morgan fingerprint density at radius 2 is 1.64 bits per heavy atom. The molecule has 0 aliphatic carbocycles. The van der Waals surface area contributed by atoms with Crippen LogP contribution in [-0.4, -0.2) is 60.0 Å². The van der Waals surface area contributed by atoms with Crippen LogP contribution in [0.15, 0.2) is 72.8 Å². The van der Waals surface area contributed by atoms with Crippen molar-refractivity contribution in [1.29, 1.82) is 0 Å². The third-order valence-corrected chi connectivity index (χ3v) is 8.54. The lowest BCUT2D eigenvalue weighted by molar-refractivity contribution is -0.137. The fraction of sp³-hybridized carbons (Fsp3) is 0.333. The van der Waals surface area contributed by atoms with Crippen molar-refractivity contribution in [2.24, 2.45) is 0 Å². The number of anilines is 1. The summed E-state index contributed by atoms with van der Waals surface area (Å²) in [7, 11) is 1.62. The normalized spacial score (nSPS) is 16.9. The number of aromatic nitrogens is 1. The first kappa shape index (κ1) is 30.5. The molecule has 0 radical (unpaired) electrons. The van der Waals surface area contributed by atoms with Gasteiger partial charge in [-0.3, -0.25) is 4.79 Å². The van der Waals surface area contributed by atoms with Gasteiger partial charge in [-0.05, 0) is 105 Å². The molecule has 3 heterocycles. The van der Waals surface area contributed by atoms with Crippen LogP contribution in [0.5, 0.6) is 5.75 Å². The third kappa shape index (κ3) is 7.23. The van der Waals surface area contributed by atoms with Crippen LogP contribution in [0.2, 0.25) is 0 Å². The van der Waals surface area contributed by atoms with E-state index in [2.05, 4.69) is 22.1 Å². The molecule has 45 heavy (non-hydrogen) atoms. The summed E-state index contributed by atoms with van der Waals surface area (Å²) in [4.78, 5) is 23.5. The molecule has 3 aromatic carbocycles. The van der Waals surface area contributed by atoms with Gasteiger partial charge in [-0.2, -0.15) is 13.2 Å². The van der Waals surface area contributed by atoms with E-state index in [1.165, 1.54) is 25.0 Å². The van der Waals surface area contributed by atoms with Crippen LogP contribution in [0, 0.1) is 11.8 Å². The number of hydrogen-bond acceptors (Lipinski definition) is 5. The SMILES string of the molecule is COc1ccc(C#Cc2ccc3nc(NCc4ccc(C(F)(F)F)cc4)cc(C(=O)N4CCC[C@H]4CN4CCCC4)c3c2)cc1. The highest BCUT2D eigenvalue weighted by atomic mass is 19.4. The molecule has 2 saturated heterocycles. The number of rotatable bonds is 7. The Morgan fingerprint density at radius 3 is 2.36 bits per heavy atom. The third-order valence-electron chi connectivity index (χ3n) is 8.54. The fourth-order valence-electron chi connectivity index (χ4n) is 6.10. The highest BCUT2D eigenvalue weighted by Crippen LogP contribution is 2.30. The number of amides is 1. The number of nitrogens with one attached hydrogen (secondary N) is 1. The zero-order chi connectivity index (χ0) is 31.4. The number of methoxy groups -OCH3 is 1. The molecular weight excluding hydrogens is 577 g/mol. The minimum absolute atomic E-state index is 0.0399. The summed E-state index contributed by atoms with van der Waals surface area (Å²) < 4.78 is 44.3. The first-order valence-corrected chi connectivity index (χ1v) is 15.3. The second-order valence-electron chi connectivity index (χ2n) is 11.6. The number of fused-ring (bicyclic) bond motifs is 1. The maximum Gasteiger partial charge on any atom is 0.416 e. The van der Waals surface area contributed by atoms with E-state index >= 15 is 0 Å². The number of benzene rings is 3. The second kappa shape index (κ2) is 13.2. The molecule has 2 fully saturated rings. The summed E-state index contributed by atoms with van der Waals surface area (Å²) in [5.41, 5.74) is 2.76. The van der Waals surface area contributed by atoms with E-state index < -0.39 is 11.7 Å². The van der Waals surface area contributed by atoms with Gasteiger partial charge in [-0.15, -0.1) is 0 Å². The van der Waals surface area contributed by atoms with Gasteiger partial charge in [-0.1, -0.05) is 24.0 Å². The summed E-state index contributed by atoms with van der Waals surface area (Å²) in [5.74, 6) is 7.60. The molecule has 0 saturated carbocycles. The van der Waals surface area contributed by atoms with Crippen LogP contribution in [0.4, 0.5) is 19.0 Å². The highest BCUT2D eigenvalue weighted by Gasteiger charge is 2.33. The smallest absolute Gasteiger partial charge is 0.416 e. The predicted octanol–water partition coefficient (Wildman–Crippen LogP) is 6.97. The molecule has 6 nitrogen and oxygen atoms in total. The number of likely N-dealkylation sites (tertiary alicyclic amines) is 2. The predicted molar refractivity (Wildman–Crippen MR) is 169 cm³/mol. The van der Waals surface area contributed by atoms with Crippen LogP contribution in [-0.2, 0) is 12.7 Å². The summed E-state index contributed by atoms with van der Waals surface area (Å²) in [6, 6.07) is 20.1. The van der Waals surface area contributed by atoms with Crippen molar-refractivity contribution in [2.45, 2.75) is 44.4 Å². The Balaban J connectivity index is 1.31. The molecule has 1 N–H and O–H groups in total. The van der Waals surface area contributed by atoms with Gasteiger partial charge in [0.1, 0.15) is 11.6 Å². The first-order chi connectivity index (χ1) is 21.8. The minimum Gasteiger partial charge on any atom is -0.497 e. The number of ether oxygens (including phenoxy) is 1.